The number of rotatable bonds is 8. The zero-order chi connectivity index (χ0) is 17.6. The molecule has 1 aromatic carbocycles. The fraction of sp³-hybridized carbons (Fsp3) is 0.250. The van der Waals surface area contributed by atoms with Crippen LogP contribution in [0.15, 0.2) is 47.1 Å². The lowest BCUT2D eigenvalue weighted by Gasteiger charge is -2.09. The van der Waals surface area contributed by atoms with Crippen LogP contribution in [0.5, 0.6) is 0 Å². The Morgan fingerprint density at radius 2 is 2.12 bits per heavy atom. The Morgan fingerprint density at radius 3 is 2.80 bits per heavy atom. The van der Waals surface area contributed by atoms with Crippen molar-refractivity contribution in [3.05, 3.63) is 54.0 Å². The number of aliphatic hydroxyl groups is 1. The van der Waals surface area contributed by atoms with E-state index < -0.39 is 12.0 Å². The molecule has 0 fully saturated rings. The number of hydrogen-bond donors (Lipinski definition) is 2. The first-order valence-corrected chi connectivity index (χ1v) is 7.58. The number of furan rings is 1. The normalized spacial score (nSPS) is 12.2. The van der Waals surface area contributed by atoms with Crippen molar-refractivity contribution in [1.82, 2.24) is 20.2 Å². The monoisotopic (exact) mass is 343 g/mol. The van der Waals surface area contributed by atoms with Gasteiger partial charge in [-0.2, -0.15) is 4.80 Å². The highest BCUT2D eigenvalue weighted by Crippen LogP contribution is 2.14. The van der Waals surface area contributed by atoms with Gasteiger partial charge in [-0.25, -0.2) is 0 Å². The topological polar surface area (TPSA) is 129 Å². The average Bonchev–Trinajstić information content (AvgIpc) is 3.27. The molecule has 1 atom stereocenters. The number of benzene rings is 1. The van der Waals surface area contributed by atoms with E-state index in [1.54, 1.807) is 42.7 Å². The maximum Gasteiger partial charge on any atom is 0.248 e. The van der Waals surface area contributed by atoms with Crippen LogP contribution in [0.4, 0.5) is 0 Å². The molecule has 130 valence electrons. The van der Waals surface area contributed by atoms with Gasteiger partial charge in [0.2, 0.25) is 11.7 Å². The molecule has 0 aliphatic rings. The van der Waals surface area contributed by atoms with Crippen LogP contribution >= 0.6 is 0 Å². The number of nitrogens with two attached hydrogens (primary N) is 1. The van der Waals surface area contributed by atoms with Crippen LogP contribution in [0.1, 0.15) is 16.1 Å². The van der Waals surface area contributed by atoms with Gasteiger partial charge >= 0.3 is 0 Å². The minimum Gasteiger partial charge on any atom is -0.467 e. The molecule has 0 aliphatic heterocycles. The molecule has 2 heterocycles. The number of primary amides is 1. The highest BCUT2D eigenvalue weighted by Gasteiger charge is 2.11. The van der Waals surface area contributed by atoms with Crippen molar-refractivity contribution in [3.8, 4) is 11.4 Å². The number of carbonyl (C=O) groups excluding carboxylic acids is 1. The summed E-state index contributed by atoms with van der Waals surface area (Å²) in [5, 5.41) is 22.0. The van der Waals surface area contributed by atoms with E-state index in [1.165, 1.54) is 4.80 Å². The van der Waals surface area contributed by atoms with Gasteiger partial charge in [0.15, 0.2) is 0 Å². The Kier molecular flexibility index (Phi) is 5.17. The maximum atomic E-state index is 11.1. The Morgan fingerprint density at radius 1 is 1.32 bits per heavy atom. The molecule has 2 aromatic heterocycles. The summed E-state index contributed by atoms with van der Waals surface area (Å²) < 4.78 is 10.5. The Balaban J connectivity index is 1.53. The summed E-state index contributed by atoms with van der Waals surface area (Å²) in [5.74, 6) is 0.577. The lowest BCUT2D eigenvalue weighted by Crippen LogP contribution is -2.23. The SMILES string of the molecule is NC(=O)c1ccc(-c2nnn(C[C@H](O)COCc3ccco3)n2)cc1. The third-order valence-electron chi connectivity index (χ3n) is 3.39. The molecule has 0 aliphatic carbocycles. The van der Waals surface area contributed by atoms with Crippen LogP contribution in [0.2, 0.25) is 0 Å². The van der Waals surface area contributed by atoms with E-state index in [0.717, 1.165) is 0 Å². The third kappa shape index (κ3) is 4.49. The molecular formula is C16H17N5O4. The minimum absolute atomic E-state index is 0.116. The van der Waals surface area contributed by atoms with Crippen molar-refractivity contribution in [2.24, 2.45) is 5.73 Å². The third-order valence-corrected chi connectivity index (χ3v) is 3.39. The number of aliphatic hydroxyl groups excluding tert-OH is 1. The lowest BCUT2D eigenvalue weighted by molar-refractivity contribution is 0.0111. The zero-order valence-corrected chi connectivity index (χ0v) is 13.3. The number of amides is 1. The van der Waals surface area contributed by atoms with Crippen molar-refractivity contribution in [2.45, 2.75) is 19.3 Å². The Labute approximate surface area is 143 Å². The van der Waals surface area contributed by atoms with E-state index in [4.69, 9.17) is 14.9 Å². The summed E-state index contributed by atoms with van der Waals surface area (Å²) in [6.07, 6.45) is 0.778. The standard InChI is InChI=1S/C16H17N5O4/c17-15(23)11-3-5-12(6-4-11)16-18-20-21(19-16)8-13(22)9-24-10-14-2-1-7-25-14/h1-7,13,22H,8-10H2,(H2,17,23)/t13-/m0/s1. The van der Waals surface area contributed by atoms with Crippen LogP contribution < -0.4 is 5.73 Å². The smallest absolute Gasteiger partial charge is 0.248 e. The van der Waals surface area contributed by atoms with Gasteiger partial charge in [-0.15, -0.1) is 10.2 Å². The largest absolute Gasteiger partial charge is 0.467 e. The molecule has 0 saturated heterocycles. The number of tetrazole rings is 1. The second kappa shape index (κ2) is 7.69. The fourth-order valence-corrected chi connectivity index (χ4v) is 2.15. The van der Waals surface area contributed by atoms with Crippen molar-refractivity contribution in [1.29, 1.82) is 0 Å². The first-order valence-electron chi connectivity index (χ1n) is 7.58. The predicted molar refractivity (Wildman–Crippen MR) is 86.1 cm³/mol. The number of ether oxygens (including phenoxy) is 1. The van der Waals surface area contributed by atoms with Crippen LogP contribution in [0.25, 0.3) is 11.4 Å². The summed E-state index contributed by atoms with van der Waals surface area (Å²) in [4.78, 5) is 12.4. The highest BCUT2D eigenvalue weighted by molar-refractivity contribution is 5.93. The zero-order valence-electron chi connectivity index (χ0n) is 13.3. The minimum atomic E-state index is -0.783. The van der Waals surface area contributed by atoms with Gasteiger partial charge in [0.25, 0.3) is 0 Å². The fourth-order valence-electron chi connectivity index (χ4n) is 2.15. The van der Waals surface area contributed by atoms with E-state index in [9.17, 15) is 9.90 Å². The van der Waals surface area contributed by atoms with Gasteiger partial charge in [-0.05, 0) is 29.5 Å². The Hall–Kier alpha value is -3.04. The molecule has 1 amide bonds. The van der Waals surface area contributed by atoms with Crippen LogP contribution in [-0.4, -0.2) is 43.9 Å². The number of nitrogens with zero attached hydrogens (tertiary/aromatic N) is 4. The molecule has 9 nitrogen and oxygen atoms in total. The molecule has 9 heteroatoms. The van der Waals surface area contributed by atoms with E-state index >= 15 is 0 Å². The quantitative estimate of drug-likeness (QED) is 0.613. The molecule has 25 heavy (non-hydrogen) atoms. The molecule has 3 rings (SSSR count). The van der Waals surface area contributed by atoms with Gasteiger partial charge in [-0.1, -0.05) is 12.1 Å². The van der Waals surface area contributed by atoms with Gasteiger partial charge in [0.1, 0.15) is 12.4 Å². The van der Waals surface area contributed by atoms with E-state index in [2.05, 4.69) is 15.4 Å². The Bertz CT molecular complexity index is 813. The second-order valence-corrected chi connectivity index (χ2v) is 5.36. The lowest BCUT2D eigenvalue weighted by atomic mass is 10.1. The van der Waals surface area contributed by atoms with Crippen molar-refractivity contribution in [2.75, 3.05) is 6.61 Å². The molecule has 3 N–H and O–H groups in total. The number of carbonyl (C=O) groups is 1. The van der Waals surface area contributed by atoms with Gasteiger partial charge < -0.3 is 20.0 Å². The van der Waals surface area contributed by atoms with Crippen molar-refractivity contribution >= 4 is 5.91 Å². The molecule has 0 saturated carbocycles. The summed E-state index contributed by atoms with van der Waals surface area (Å²) in [6.45, 7) is 0.543. The van der Waals surface area contributed by atoms with E-state index in [0.29, 0.717) is 22.7 Å². The van der Waals surface area contributed by atoms with Crippen LogP contribution in [-0.2, 0) is 17.9 Å². The predicted octanol–water partition coefficient (Wildman–Crippen LogP) is 0.610. The molecular weight excluding hydrogens is 326 g/mol. The van der Waals surface area contributed by atoms with Gasteiger partial charge in [0, 0.05) is 11.1 Å². The molecule has 0 radical (unpaired) electrons. The van der Waals surface area contributed by atoms with E-state index in [1.807, 2.05) is 0 Å². The van der Waals surface area contributed by atoms with Crippen molar-refractivity contribution < 1.29 is 19.1 Å². The average molecular weight is 343 g/mol. The van der Waals surface area contributed by atoms with Gasteiger partial charge in [0.05, 0.1) is 25.5 Å². The number of aromatic nitrogens is 4. The summed E-state index contributed by atoms with van der Waals surface area (Å²) in [6, 6.07) is 10.1. The van der Waals surface area contributed by atoms with Crippen LogP contribution in [0.3, 0.4) is 0 Å². The van der Waals surface area contributed by atoms with Crippen molar-refractivity contribution in [3.63, 3.8) is 0 Å². The number of hydrogen-bond acceptors (Lipinski definition) is 7. The van der Waals surface area contributed by atoms with Crippen LogP contribution in [0, 0.1) is 0 Å². The van der Waals surface area contributed by atoms with Gasteiger partial charge in [-0.3, -0.25) is 4.79 Å². The van der Waals surface area contributed by atoms with E-state index in [-0.39, 0.29) is 19.8 Å². The summed E-state index contributed by atoms with van der Waals surface area (Å²) in [5.41, 5.74) is 6.30. The first-order chi connectivity index (χ1) is 12.1. The molecule has 0 bridgehead atoms. The molecule has 0 unspecified atom stereocenters. The molecule has 0 spiro atoms. The highest BCUT2D eigenvalue weighted by atomic mass is 16.5. The molecule has 3 aromatic rings. The summed E-state index contributed by atoms with van der Waals surface area (Å²) >= 11 is 0. The summed E-state index contributed by atoms with van der Waals surface area (Å²) in [7, 11) is 0. The maximum absolute atomic E-state index is 11.1. The first kappa shape index (κ1) is 16.8. The second-order valence-electron chi connectivity index (χ2n) is 5.36.